The maximum Gasteiger partial charge on any atom is 0.338 e. The van der Waals surface area contributed by atoms with Crippen LogP contribution in [0.25, 0.3) is 0 Å². The fraction of sp³-hybridized carbons (Fsp3) is 0.775. The second-order valence-electron chi connectivity index (χ2n) is 20.7. The van der Waals surface area contributed by atoms with Crippen molar-refractivity contribution in [2.24, 2.45) is 0 Å². The molecule has 0 amide bonds. The topological polar surface area (TPSA) is 81.7 Å². The molecule has 0 aliphatic carbocycles. The smallest absolute Gasteiger partial charge is 0.338 e. The van der Waals surface area contributed by atoms with Gasteiger partial charge in [-0.25, -0.2) is 4.79 Å². The molecule has 1 heterocycles. The van der Waals surface area contributed by atoms with Crippen LogP contribution in [-0.2, 0) is 38.6 Å². The lowest BCUT2D eigenvalue weighted by Crippen LogP contribution is -2.69. The van der Waals surface area contributed by atoms with Gasteiger partial charge in [0, 0.05) is 0 Å². The van der Waals surface area contributed by atoms with E-state index >= 15 is 0 Å². The highest BCUT2D eigenvalue weighted by Crippen LogP contribution is 2.46. The van der Waals surface area contributed by atoms with Gasteiger partial charge >= 0.3 is 5.97 Å². The molecule has 5 atom stereocenters. The molecule has 2 rings (SSSR count). The van der Waals surface area contributed by atoms with Gasteiger partial charge in [-0.2, -0.15) is 0 Å². The summed E-state index contributed by atoms with van der Waals surface area (Å²) in [5.74, 6) is 0.0582. The number of benzene rings is 1. The third-order valence-electron chi connectivity index (χ3n) is 12.4. The van der Waals surface area contributed by atoms with E-state index in [1.54, 1.807) is 6.08 Å². The summed E-state index contributed by atoms with van der Waals surface area (Å²) in [5.41, 5.74) is 1.06. The summed E-state index contributed by atoms with van der Waals surface area (Å²) in [4.78, 5) is 14.0. The molecule has 1 aliphatic heterocycles. The lowest BCUT2D eigenvalue weighted by atomic mass is 9.99. The number of carbonyl (C=O) groups is 1. The quantitative estimate of drug-likeness (QED) is 0.105. The molecule has 0 spiro atoms. The fourth-order valence-electron chi connectivity index (χ4n) is 4.54. The Balaban J connectivity index is 2.77. The zero-order valence-electron chi connectivity index (χ0n) is 36.7. The van der Waals surface area contributed by atoms with Gasteiger partial charge in [0.05, 0.1) is 6.61 Å². The van der Waals surface area contributed by atoms with Gasteiger partial charge in [0.1, 0.15) is 30.7 Å². The van der Waals surface area contributed by atoms with E-state index in [9.17, 15) is 4.79 Å². The molecule has 52 heavy (non-hydrogen) atoms. The van der Waals surface area contributed by atoms with Crippen molar-refractivity contribution in [3.8, 4) is 5.75 Å². The Morgan fingerprint density at radius 2 is 1.06 bits per heavy atom. The first-order chi connectivity index (χ1) is 23.2. The van der Waals surface area contributed by atoms with Gasteiger partial charge in [-0.15, -0.1) is 0 Å². The van der Waals surface area contributed by atoms with Crippen molar-refractivity contribution in [1.82, 2.24) is 0 Å². The van der Waals surface area contributed by atoms with Crippen molar-refractivity contribution in [3.63, 3.8) is 0 Å². The maximum absolute atomic E-state index is 14.0. The zero-order chi connectivity index (χ0) is 40.5. The molecule has 1 aliphatic rings. The van der Waals surface area contributed by atoms with Gasteiger partial charge in [-0.3, -0.25) is 0 Å². The first kappa shape index (κ1) is 47.1. The minimum Gasteiger partial charge on any atom is -0.462 e. The Labute approximate surface area is 322 Å². The summed E-state index contributed by atoms with van der Waals surface area (Å²) in [6.45, 7) is 48.7. The van der Waals surface area contributed by atoms with Gasteiger partial charge in [0.25, 0.3) is 0 Å². The molecule has 1 aromatic carbocycles. The van der Waals surface area contributed by atoms with Gasteiger partial charge in [0.2, 0.25) is 6.29 Å². The Morgan fingerprint density at radius 1 is 0.654 bits per heavy atom. The minimum atomic E-state index is -2.50. The van der Waals surface area contributed by atoms with Gasteiger partial charge in [-0.05, 0) is 90.2 Å². The van der Waals surface area contributed by atoms with Crippen LogP contribution in [0.15, 0.2) is 36.9 Å². The van der Waals surface area contributed by atoms with Crippen LogP contribution in [0.3, 0.4) is 0 Å². The average molecular weight is 797 g/mol. The van der Waals surface area contributed by atoms with E-state index in [2.05, 4.69) is 142 Å². The number of hydrogen-bond donors (Lipinski definition) is 0. The first-order valence-corrected chi connectivity index (χ1v) is 30.7. The predicted molar refractivity (Wildman–Crippen MR) is 225 cm³/mol. The molecule has 0 saturated carbocycles. The Morgan fingerprint density at radius 3 is 1.46 bits per heavy atom. The SMILES string of the molecule is C=CCOC(=O)[C@H]1O[C@@H](Oc2ccc(CO[Si](C)(C)C(C)(C)C)cc2)[C@H](O[Si](C)(C)C(C)(C)C)[C@@H](O[Si](C)(C)C(C)(C)C)[C@H]1O[Si](C)(C)C(C)(C)C. The molecular formula is C40H76O8Si4. The number of esters is 1. The minimum absolute atomic E-state index is 0.0487. The molecule has 0 bridgehead atoms. The van der Waals surface area contributed by atoms with Gasteiger partial charge in [0.15, 0.2) is 39.4 Å². The van der Waals surface area contributed by atoms with Crippen LogP contribution in [0.1, 0.15) is 88.6 Å². The summed E-state index contributed by atoms with van der Waals surface area (Å²) in [6.07, 6.45) is -2.72. The van der Waals surface area contributed by atoms with Crippen LogP contribution in [-0.4, -0.2) is 76.6 Å². The highest BCUT2D eigenvalue weighted by Gasteiger charge is 2.59. The maximum atomic E-state index is 14.0. The summed E-state index contributed by atoms with van der Waals surface area (Å²) < 4.78 is 47.6. The zero-order valence-corrected chi connectivity index (χ0v) is 40.7. The molecule has 300 valence electrons. The molecule has 0 aromatic heterocycles. The van der Waals surface area contributed by atoms with Crippen LogP contribution in [0.2, 0.25) is 72.5 Å². The van der Waals surface area contributed by atoms with Crippen molar-refractivity contribution in [2.75, 3.05) is 6.61 Å². The van der Waals surface area contributed by atoms with E-state index < -0.39 is 69.9 Å². The van der Waals surface area contributed by atoms with Crippen molar-refractivity contribution in [1.29, 1.82) is 0 Å². The molecule has 12 heteroatoms. The third kappa shape index (κ3) is 11.7. The summed E-state index contributed by atoms with van der Waals surface area (Å²) in [6, 6.07) is 7.92. The lowest BCUT2D eigenvalue weighted by molar-refractivity contribution is -0.263. The van der Waals surface area contributed by atoms with Crippen molar-refractivity contribution >= 4 is 39.2 Å². The largest absolute Gasteiger partial charge is 0.462 e. The molecule has 1 aromatic rings. The fourth-order valence-corrected chi connectivity index (χ4v) is 9.37. The number of rotatable bonds is 14. The highest BCUT2D eigenvalue weighted by molar-refractivity contribution is 6.75. The van der Waals surface area contributed by atoms with Crippen molar-refractivity contribution in [3.05, 3.63) is 42.5 Å². The van der Waals surface area contributed by atoms with Gasteiger partial charge in [-0.1, -0.05) is 108 Å². The van der Waals surface area contributed by atoms with E-state index in [1.807, 2.05) is 24.3 Å². The standard InChI is InChI=1S/C40H76O8Si4/c1-22-27-42-35(41)33-31(46-50(16,17)38(5,6)7)32(47-51(18,19)39(8,9)10)34(48-52(20,21)40(11,12)13)36(45-33)44-30-25-23-29(24-26-30)28-43-49(14,15)37(2,3)4/h22-26,31-34,36H,1,27-28H2,2-21H3/t31-,32+,33+,34-,36-/m1/s1. The molecule has 1 fully saturated rings. The van der Waals surface area contributed by atoms with Crippen LogP contribution >= 0.6 is 0 Å². The van der Waals surface area contributed by atoms with Crippen LogP contribution < -0.4 is 4.74 Å². The Hall–Kier alpha value is -1.10. The first-order valence-electron chi connectivity index (χ1n) is 19.0. The van der Waals surface area contributed by atoms with E-state index in [-0.39, 0.29) is 26.8 Å². The number of carbonyl (C=O) groups excluding carboxylic acids is 1. The average Bonchev–Trinajstić information content (AvgIpc) is 2.95. The molecule has 0 unspecified atom stereocenters. The Kier molecular flexibility index (Phi) is 15.0. The summed E-state index contributed by atoms with van der Waals surface area (Å²) in [5, 5.41) is -0.290. The second-order valence-corrected chi connectivity index (χ2v) is 39.8. The molecule has 0 N–H and O–H groups in total. The predicted octanol–water partition coefficient (Wildman–Crippen LogP) is 11.2. The van der Waals surface area contributed by atoms with Gasteiger partial charge < -0.3 is 31.9 Å². The summed E-state index contributed by atoms with van der Waals surface area (Å²) >= 11 is 0. The molecule has 1 saturated heterocycles. The lowest BCUT2D eigenvalue weighted by Gasteiger charge is -2.53. The Bertz CT molecular complexity index is 1330. The second kappa shape index (κ2) is 16.6. The van der Waals surface area contributed by atoms with E-state index in [0.29, 0.717) is 12.4 Å². The van der Waals surface area contributed by atoms with E-state index in [1.165, 1.54) is 0 Å². The van der Waals surface area contributed by atoms with Crippen LogP contribution in [0.4, 0.5) is 0 Å². The monoisotopic (exact) mass is 796 g/mol. The number of ether oxygens (including phenoxy) is 3. The van der Waals surface area contributed by atoms with E-state index in [0.717, 1.165) is 5.56 Å². The third-order valence-corrected chi connectivity index (χ3v) is 30.3. The van der Waals surface area contributed by atoms with Crippen molar-refractivity contribution in [2.45, 2.75) is 193 Å². The molecule has 8 nitrogen and oxygen atoms in total. The van der Waals surface area contributed by atoms with Crippen molar-refractivity contribution < 1.29 is 36.7 Å². The normalized spacial score (nSPS) is 23.0. The van der Waals surface area contributed by atoms with Crippen LogP contribution in [0, 0.1) is 0 Å². The molecular weight excluding hydrogens is 721 g/mol. The summed E-state index contributed by atoms with van der Waals surface area (Å²) in [7, 11) is -9.39. The van der Waals surface area contributed by atoms with Crippen LogP contribution in [0.5, 0.6) is 5.75 Å². The number of hydrogen-bond acceptors (Lipinski definition) is 8. The molecule has 0 radical (unpaired) electrons. The highest BCUT2D eigenvalue weighted by atomic mass is 28.4. The van der Waals surface area contributed by atoms with E-state index in [4.69, 9.17) is 31.9 Å².